The summed E-state index contributed by atoms with van der Waals surface area (Å²) in [5.41, 5.74) is 5.68. The van der Waals surface area contributed by atoms with Crippen LogP contribution in [0.5, 0.6) is 0 Å². The van der Waals surface area contributed by atoms with Gasteiger partial charge in [-0.25, -0.2) is 0 Å². The molecule has 18 heavy (non-hydrogen) atoms. The largest absolute Gasteiger partial charge is 0.324 e. The number of nitrogens with two attached hydrogens (primary N) is 1. The van der Waals surface area contributed by atoms with Crippen molar-refractivity contribution in [3.8, 4) is 0 Å². The van der Waals surface area contributed by atoms with Gasteiger partial charge in [0.25, 0.3) is 0 Å². The second-order valence-electron chi connectivity index (χ2n) is 4.06. The number of thiophene rings is 1. The Bertz CT molecular complexity index is 521. The topological polar surface area (TPSA) is 56.7 Å². The Morgan fingerprint density at radius 1 is 1.44 bits per heavy atom. The number of rotatable bonds is 5. The maximum absolute atomic E-state index is 5.68. The first-order valence-electron chi connectivity index (χ1n) is 5.62. The standard InChI is InChI=1S/C11H15BrN4S2/c1-7(2)16-10(5-13)14-15-11(16)17-6-8-3-4-9(12)18-8/h3-4,7H,5-6,13H2,1-2H3. The van der Waals surface area contributed by atoms with Crippen LogP contribution in [0, 0.1) is 0 Å². The highest BCUT2D eigenvalue weighted by Crippen LogP contribution is 2.29. The third kappa shape index (κ3) is 3.14. The van der Waals surface area contributed by atoms with Crippen LogP contribution in [0.15, 0.2) is 21.1 Å². The molecule has 7 heteroatoms. The first kappa shape index (κ1) is 14.0. The van der Waals surface area contributed by atoms with E-state index in [1.165, 1.54) is 4.88 Å². The Hall–Kier alpha value is -0.370. The minimum Gasteiger partial charge on any atom is -0.324 e. The molecule has 2 aromatic rings. The molecule has 0 aromatic carbocycles. The minimum absolute atomic E-state index is 0.330. The second kappa shape index (κ2) is 6.18. The number of hydrogen-bond donors (Lipinski definition) is 1. The van der Waals surface area contributed by atoms with Crippen LogP contribution in [0.4, 0.5) is 0 Å². The van der Waals surface area contributed by atoms with Crippen LogP contribution in [0.25, 0.3) is 0 Å². The van der Waals surface area contributed by atoms with E-state index in [4.69, 9.17) is 5.73 Å². The number of halogens is 1. The second-order valence-corrected chi connectivity index (χ2v) is 7.55. The molecule has 0 fully saturated rings. The van der Waals surface area contributed by atoms with Gasteiger partial charge in [0.05, 0.1) is 10.3 Å². The molecule has 98 valence electrons. The van der Waals surface area contributed by atoms with Crippen molar-refractivity contribution >= 4 is 39.0 Å². The van der Waals surface area contributed by atoms with Gasteiger partial charge in [0.2, 0.25) is 0 Å². The van der Waals surface area contributed by atoms with Gasteiger partial charge in [-0.15, -0.1) is 21.5 Å². The third-order valence-electron chi connectivity index (χ3n) is 2.41. The molecular weight excluding hydrogens is 332 g/mol. The van der Waals surface area contributed by atoms with Gasteiger partial charge in [0, 0.05) is 16.7 Å². The highest BCUT2D eigenvalue weighted by Gasteiger charge is 2.14. The Morgan fingerprint density at radius 3 is 2.78 bits per heavy atom. The summed E-state index contributed by atoms with van der Waals surface area (Å²) in [6.07, 6.45) is 0. The van der Waals surface area contributed by atoms with Crippen LogP contribution in [0.2, 0.25) is 0 Å². The van der Waals surface area contributed by atoms with Gasteiger partial charge < -0.3 is 10.3 Å². The first-order valence-corrected chi connectivity index (χ1v) is 8.22. The summed E-state index contributed by atoms with van der Waals surface area (Å²) in [6.45, 7) is 4.67. The van der Waals surface area contributed by atoms with Crippen LogP contribution in [0.1, 0.15) is 30.6 Å². The number of thioether (sulfide) groups is 1. The molecule has 2 rings (SSSR count). The zero-order valence-electron chi connectivity index (χ0n) is 10.3. The average Bonchev–Trinajstić information content (AvgIpc) is 2.92. The van der Waals surface area contributed by atoms with E-state index in [0.717, 1.165) is 20.5 Å². The van der Waals surface area contributed by atoms with Crippen LogP contribution >= 0.6 is 39.0 Å². The number of nitrogens with zero attached hydrogens (tertiary/aromatic N) is 3. The summed E-state index contributed by atoms with van der Waals surface area (Å²) in [5, 5.41) is 9.29. The van der Waals surface area contributed by atoms with Crippen molar-refractivity contribution in [2.75, 3.05) is 0 Å². The molecule has 0 aliphatic rings. The molecule has 0 aliphatic carbocycles. The predicted octanol–water partition coefficient (Wildman–Crippen LogP) is 3.43. The number of aromatic nitrogens is 3. The molecule has 0 amide bonds. The fourth-order valence-corrected chi connectivity index (χ4v) is 4.24. The van der Waals surface area contributed by atoms with Crippen molar-refractivity contribution < 1.29 is 0 Å². The third-order valence-corrected chi connectivity index (χ3v) is 5.20. The van der Waals surface area contributed by atoms with E-state index in [1.807, 2.05) is 0 Å². The van der Waals surface area contributed by atoms with Gasteiger partial charge in [0.1, 0.15) is 5.82 Å². The van der Waals surface area contributed by atoms with E-state index in [0.29, 0.717) is 12.6 Å². The van der Waals surface area contributed by atoms with Crippen molar-refractivity contribution in [2.45, 2.75) is 37.3 Å². The summed E-state index contributed by atoms with van der Waals surface area (Å²) in [4.78, 5) is 1.32. The normalized spacial score (nSPS) is 11.4. The molecule has 0 aliphatic heterocycles. The summed E-state index contributed by atoms with van der Waals surface area (Å²) >= 11 is 6.92. The van der Waals surface area contributed by atoms with Crippen molar-refractivity contribution in [3.63, 3.8) is 0 Å². The number of hydrogen-bond acceptors (Lipinski definition) is 5. The maximum Gasteiger partial charge on any atom is 0.191 e. The molecule has 2 N–H and O–H groups in total. The predicted molar refractivity (Wildman–Crippen MR) is 79.9 cm³/mol. The Kier molecular flexibility index (Phi) is 4.83. The highest BCUT2D eigenvalue weighted by atomic mass is 79.9. The molecule has 0 radical (unpaired) electrons. The van der Waals surface area contributed by atoms with E-state index in [-0.39, 0.29) is 0 Å². The Labute approximate surface area is 123 Å². The van der Waals surface area contributed by atoms with E-state index < -0.39 is 0 Å². The SMILES string of the molecule is CC(C)n1c(CN)nnc1SCc1ccc(Br)s1. The fourth-order valence-electron chi connectivity index (χ4n) is 1.63. The van der Waals surface area contributed by atoms with Crippen LogP contribution in [-0.4, -0.2) is 14.8 Å². The average molecular weight is 347 g/mol. The molecule has 0 spiro atoms. The lowest BCUT2D eigenvalue weighted by atomic mass is 10.4. The monoisotopic (exact) mass is 346 g/mol. The van der Waals surface area contributed by atoms with Gasteiger partial charge in [0.15, 0.2) is 5.16 Å². The van der Waals surface area contributed by atoms with Gasteiger partial charge in [-0.3, -0.25) is 0 Å². The van der Waals surface area contributed by atoms with Crippen molar-refractivity contribution in [3.05, 3.63) is 26.6 Å². The zero-order chi connectivity index (χ0) is 13.1. The Balaban J connectivity index is 2.11. The summed E-state index contributed by atoms with van der Waals surface area (Å²) in [7, 11) is 0. The summed E-state index contributed by atoms with van der Waals surface area (Å²) in [6, 6.07) is 4.52. The summed E-state index contributed by atoms with van der Waals surface area (Å²) in [5.74, 6) is 1.76. The molecule has 0 bridgehead atoms. The quantitative estimate of drug-likeness (QED) is 0.842. The lowest BCUT2D eigenvalue weighted by Gasteiger charge is -2.12. The molecule has 0 saturated carbocycles. The van der Waals surface area contributed by atoms with Crippen LogP contribution in [0.3, 0.4) is 0 Å². The molecule has 4 nitrogen and oxygen atoms in total. The maximum atomic E-state index is 5.68. The van der Waals surface area contributed by atoms with Gasteiger partial charge in [-0.2, -0.15) is 0 Å². The van der Waals surface area contributed by atoms with Crippen molar-refractivity contribution in [1.29, 1.82) is 0 Å². The van der Waals surface area contributed by atoms with E-state index in [9.17, 15) is 0 Å². The van der Waals surface area contributed by atoms with Crippen molar-refractivity contribution in [1.82, 2.24) is 14.8 Å². The van der Waals surface area contributed by atoms with Gasteiger partial charge in [-0.1, -0.05) is 11.8 Å². The fraction of sp³-hybridized carbons (Fsp3) is 0.455. The lowest BCUT2D eigenvalue weighted by molar-refractivity contribution is 0.526. The van der Waals surface area contributed by atoms with Crippen LogP contribution in [-0.2, 0) is 12.3 Å². The summed E-state index contributed by atoms with van der Waals surface area (Å²) < 4.78 is 3.26. The Morgan fingerprint density at radius 2 is 2.22 bits per heavy atom. The molecule has 0 saturated heterocycles. The first-order chi connectivity index (χ1) is 8.61. The smallest absolute Gasteiger partial charge is 0.191 e. The molecule has 0 atom stereocenters. The van der Waals surface area contributed by atoms with Gasteiger partial charge >= 0.3 is 0 Å². The van der Waals surface area contributed by atoms with E-state index in [1.54, 1.807) is 23.1 Å². The highest BCUT2D eigenvalue weighted by molar-refractivity contribution is 9.11. The lowest BCUT2D eigenvalue weighted by Crippen LogP contribution is -2.11. The molecule has 2 heterocycles. The van der Waals surface area contributed by atoms with E-state index in [2.05, 4.69) is 56.7 Å². The molecular formula is C11H15BrN4S2. The molecule has 0 unspecified atom stereocenters. The molecule has 2 aromatic heterocycles. The van der Waals surface area contributed by atoms with Gasteiger partial charge in [-0.05, 0) is 41.9 Å². The van der Waals surface area contributed by atoms with E-state index >= 15 is 0 Å². The van der Waals surface area contributed by atoms with Crippen LogP contribution < -0.4 is 5.73 Å². The minimum atomic E-state index is 0.330. The zero-order valence-corrected chi connectivity index (χ0v) is 13.5. The van der Waals surface area contributed by atoms with Crippen molar-refractivity contribution in [2.24, 2.45) is 5.73 Å².